The van der Waals surface area contributed by atoms with Gasteiger partial charge in [0.15, 0.2) is 10.6 Å². The lowest BCUT2D eigenvalue weighted by Gasteiger charge is -2.24. The molecule has 2 N–H and O–H groups in total. The molecule has 1 aromatic carbocycles. The van der Waals surface area contributed by atoms with Crippen molar-refractivity contribution in [1.29, 1.82) is 0 Å². The summed E-state index contributed by atoms with van der Waals surface area (Å²) >= 11 is 7.80. The molecule has 0 bridgehead atoms. The van der Waals surface area contributed by atoms with Crippen molar-refractivity contribution >= 4 is 41.1 Å². The summed E-state index contributed by atoms with van der Waals surface area (Å²) in [6.45, 7) is 7.26. The fourth-order valence-corrected chi connectivity index (χ4v) is 4.68. The highest BCUT2D eigenvalue weighted by Crippen LogP contribution is 2.46. The molecule has 1 aliphatic rings. The second-order valence-electron chi connectivity index (χ2n) is 8.18. The summed E-state index contributed by atoms with van der Waals surface area (Å²) in [6.07, 6.45) is 2.11. The predicted molar refractivity (Wildman–Crippen MR) is 124 cm³/mol. The first kappa shape index (κ1) is 23.4. The summed E-state index contributed by atoms with van der Waals surface area (Å²) in [5, 5.41) is 7.20. The fourth-order valence-electron chi connectivity index (χ4n) is 3.24. The normalized spacial score (nSPS) is 14.7. The molecule has 1 fully saturated rings. The Morgan fingerprint density at radius 2 is 2.10 bits per heavy atom. The van der Waals surface area contributed by atoms with Gasteiger partial charge in [-0.05, 0) is 64.4 Å². The number of carbonyl (C=O) groups is 2. The highest BCUT2D eigenvalue weighted by molar-refractivity contribution is 7.18. The molecule has 170 valence electrons. The molecule has 7 nitrogen and oxygen atoms in total. The quantitative estimate of drug-likeness (QED) is 0.245. The maximum Gasteiger partial charge on any atom is 0.352 e. The molecule has 2 heterocycles. The third kappa shape index (κ3) is 6.35. The molecule has 1 aliphatic heterocycles. The minimum Gasteiger partial charge on any atom is -0.456 e. The monoisotopic (exact) mass is 468 g/mol. The van der Waals surface area contributed by atoms with E-state index in [1.165, 1.54) is 11.3 Å². The first-order valence-corrected chi connectivity index (χ1v) is 11.3. The van der Waals surface area contributed by atoms with Gasteiger partial charge in [-0.3, -0.25) is 4.79 Å². The summed E-state index contributed by atoms with van der Waals surface area (Å²) in [5.41, 5.74) is 1.16. The molecule has 3 rings (SSSR count). The summed E-state index contributed by atoms with van der Waals surface area (Å²) in [7, 11) is 0. The molecule has 0 aliphatic carbocycles. The zero-order valence-electron chi connectivity index (χ0n) is 17.8. The van der Waals surface area contributed by atoms with E-state index in [9.17, 15) is 9.59 Å². The molecule has 0 saturated carbocycles. The molecule has 1 aromatic heterocycles. The summed E-state index contributed by atoms with van der Waals surface area (Å²) in [5.74, 6) is -0.398. The summed E-state index contributed by atoms with van der Waals surface area (Å²) in [4.78, 5) is 24.1. The van der Waals surface area contributed by atoms with Gasteiger partial charge in [0.2, 0.25) is 6.79 Å². The van der Waals surface area contributed by atoms with Crippen molar-refractivity contribution in [3.8, 4) is 16.2 Å². The van der Waals surface area contributed by atoms with Crippen molar-refractivity contribution in [2.24, 2.45) is 0 Å². The fraction of sp³-hybridized carbons (Fsp3) is 0.455. The molecule has 0 unspecified atom stereocenters. The molecule has 31 heavy (non-hydrogen) atoms. The van der Waals surface area contributed by atoms with Gasteiger partial charge < -0.3 is 24.8 Å². The van der Waals surface area contributed by atoms with E-state index in [4.69, 9.17) is 21.1 Å². The van der Waals surface area contributed by atoms with Crippen LogP contribution in [-0.2, 0) is 14.3 Å². The Labute approximate surface area is 192 Å². The van der Waals surface area contributed by atoms with Crippen LogP contribution in [0.25, 0.3) is 10.4 Å². The number of halogens is 1. The van der Waals surface area contributed by atoms with Crippen LogP contribution < -0.4 is 15.4 Å². The second kappa shape index (κ2) is 10.3. The van der Waals surface area contributed by atoms with Gasteiger partial charge in [0, 0.05) is 13.2 Å². The maximum atomic E-state index is 12.8. The van der Waals surface area contributed by atoms with Crippen molar-refractivity contribution in [3.05, 3.63) is 34.2 Å². The van der Waals surface area contributed by atoms with Crippen LogP contribution in [0.5, 0.6) is 5.75 Å². The minimum atomic E-state index is -0.678. The van der Waals surface area contributed by atoms with Crippen molar-refractivity contribution in [1.82, 2.24) is 5.32 Å². The van der Waals surface area contributed by atoms with E-state index in [1.807, 2.05) is 24.3 Å². The van der Waals surface area contributed by atoms with E-state index >= 15 is 0 Å². The Morgan fingerprint density at radius 3 is 2.77 bits per heavy atom. The van der Waals surface area contributed by atoms with Crippen LogP contribution in [0.3, 0.4) is 0 Å². The standard InChI is InChI=1S/C22H27ClN2O5S.H2/c1-22(2,3)30-21(27)20-18(29-13-28-12-26)17(23)19(31-20)14-5-4-6-16(11-14)25-15-7-9-24-10-8-15;/h4-6,11-12,15,24-25H,7-10,13H2,1-3H3;1H. The molecule has 0 spiro atoms. The number of piperidine rings is 1. The minimum absolute atomic E-state index is 0. The first-order valence-electron chi connectivity index (χ1n) is 10.1. The number of rotatable bonds is 8. The molecule has 9 heteroatoms. The van der Waals surface area contributed by atoms with Crippen LogP contribution in [0, 0.1) is 0 Å². The molecule has 0 radical (unpaired) electrons. The Balaban J connectivity index is 0.00000363. The van der Waals surface area contributed by atoms with E-state index in [1.54, 1.807) is 20.8 Å². The lowest BCUT2D eigenvalue weighted by molar-refractivity contribution is -0.134. The Morgan fingerprint density at radius 1 is 1.35 bits per heavy atom. The molecular weight excluding hydrogens is 440 g/mol. The first-order chi connectivity index (χ1) is 14.8. The van der Waals surface area contributed by atoms with E-state index in [2.05, 4.69) is 15.4 Å². The van der Waals surface area contributed by atoms with Crippen LogP contribution >= 0.6 is 22.9 Å². The molecule has 1 saturated heterocycles. The largest absolute Gasteiger partial charge is 0.456 e. The highest BCUT2D eigenvalue weighted by Gasteiger charge is 2.28. The van der Waals surface area contributed by atoms with Crippen LogP contribution in [0.4, 0.5) is 5.69 Å². The summed E-state index contributed by atoms with van der Waals surface area (Å²) < 4.78 is 15.6. The zero-order chi connectivity index (χ0) is 22.4. The lowest BCUT2D eigenvalue weighted by atomic mass is 10.1. The molecule has 2 aromatic rings. The number of benzene rings is 1. The zero-order valence-corrected chi connectivity index (χ0v) is 19.4. The van der Waals surface area contributed by atoms with Gasteiger partial charge in [-0.25, -0.2) is 4.79 Å². The third-order valence-corrected chi connectivity index (χ3v) is 6.24. The van der Waals surface area contributed by atoms with Gasteiger partial charge in [-0.1, -0.05) is 23.7 Å². The average Bonchev–Trinajstić information content (AvgIpc) is 3.05. The van der Waals surface area contributed by atoms with Crippen molar-refractivity contribution in [2.75, 3.05) is 25.2 Å². The smallest absolute Gasteiger partial charge is 0.352 e. The molecule has 0 amide bonds. The van der Waals surface area contributed by atoms with Crippen LogP contribution in [0.15, 0.2) is 24.3 Å². The number of esters is 1. The number of hydrogen-bond acceptors (Lipinski definition) is 8. The maximum absolute atomic E-state index is 12.8. The van der Waals surface area contributed by atoms with E-state index in [-0.39, 0.29) is 30.3 Å². The molecule has 0 atom stereocenters. The SMILES string of the molecule is CC(C)(C)OC(=O)c1sc(-c2cccc(NC3CCNCC3)c2)c(Cl)c1OCOC=O.[HH]. The van der Waals surface area contributed by atoms with Crippen LogP contribution in [-0.4, -0.2) is 44.0 Å². The Hall–Kier alpha value is -2.29. The number of thiophene rings is 1. The van der Waals surface area contributed by atoms with Gasteiger partial charge in [0.25, 0.3) is 6.47 Å². The van der Waals surface area contributed by atoms with Crippen LogP contribution in [0.1, 0.15) is 44.7 Å². The topological polar surface area (TPSA) is 85.9 Å². The van der Waals surface area contributed by atoms with Gasteiger partial charge >= 0.3 is 5.97 Å². The van der Waals surface area contributed by atoms with Gasteiger partial charge in [-0.2, -0.15) is 0 Å². The second-order valence-corrected chi connectivity index (χ2v) is 9.58. The van der Waals surface area contributed by atoms with E-state index < -0.39 is 11.6 Å². The number of carbonyl (C=O) groups excluding carboxylic acids is 2. The average molecular weight is 469 g/mol. The number of ether oxygens (including phenoxy) is 3. The predicted octanol–water partition coefficient (Wildman–Crippen LogP) is 4.94. The van der Waals surface area contributed by atoms with E-state index in [0.717, 1.165) is 37.2 Å². The van der Waals surface area contributed by atoms with Gasteiger partial charge in [-0.15, -0.1) is 11.3 Å². The number of anilines is 1. The Bertz CT molecular complexity index is 926. The number of nitrogens with one attached hydrogen (secondary N) is 2. The lowest BCUT2D eigenvalue weighted by Crippen LogP contribution is -2.35. The van der Waals surface area contributed by atoms with Gasteiger partial charge in [0.05, 0.1) is 4.88 Å². The highest BCUT2D eigenvalue weighted by atomic mass is 35.5. The van der Waals surface area contributed by atoms with E-state index in [0.29, 0.717) is 10.9 Å². The van der Waals surface area contributed by atoms with Crippen molar-refractivity contribution in [2.45, 2.75) is 45.3 Å². The third-order valence-electron chi connectivity index (χ3n) is 4.57. The van der Waals surface area contributed by atoms with Gasteiger partial charge in [0.1, 0.15) is 10.6 Å². The van der Waals surface area contributed by atoms with Crippen molar-refractivity contribution in [3.63, 3.8) is 0 Å². The van der Waals surface area contributed by atoms with Crippen LogP contribution in [0.2, 0.25) is 5.02 Å². The van der Waals surface area contributed by atoms with Crippen molar-refractivity contribution < 1.29 is 25.2 Å². The number of hydrogen-bond donors (Lipinski definition) is 2. The molecular formula is C22H29ClN2O5S. The Kier molecular flexibility index (Phi) is 7.80. The summed E-state index contributed by atoms with van der Waals surface area (Å²) in [6, 6.07) is 8.29.